The van der Waals surface area contributed by atoms with E-state index in [0.29, 0.717) is 5.69 Å². The average molecular weight is 520 g/mol. The average Bonchev–Trinajstić information content (AvgIpc) is 3.48. The van der Waals surface area contributed by atoms with Gasteiger partial charge >= 0.3 is 12.1 Å². The number of carbonyl (C=O) groups excluding carboxylic acids is 1. The van der Waals surface area contributed by atoms with Crippen molar-refractivity contribution < 1.29 is 27.9 Å². The van der Waals surface area contributed by atoms with E-state index in [9.17, 15) is 18.0 Å². The number of carboxylic acids is 1. The highest BCUT2D eigenvalue weighted by Crippen LogP contribution is 2.33. The van der Waals surface area contributed by atoms with Crippen LogP contribution >= 0.6 is 0 Å². The van der Waals surface area contributed by atoms with Gasteiger partial charge in [0, 0.05) is 32.0 Å². The zero-order valence-corrected chi connectivity index (χ0v) is 21.0. The summed E-state index contributed by atoms with van der Waals surface area (Å²) in [5.74, 6) is -1.74. The van der Waals surface area contributed by atoms with Gasteiger partial charge in [0.15, 0.2) is 5.69 Å². The Morgan fingerprint density at radius 3 is 2.38 bits per heavy atom. The fourth-order valence-electron chi connectivity index (χ4n) is 4.47. The molecule has 1 unspecified atom stereocenters. The van der Waals surface area contributed by atoms with Crippen molar-refractivity contribution in [2.24, 2.45) is 0 Å². The molecule has 200 valence electrons. The van der Waals surface area contributed by atoms with Crippen LogP contribution in [0.25, 0.3) is 5.52 Å². The standard InChI is InChI=1S/C24H31N5O.C2HF3O2/c1-3-14-27(15-4-2)24(30)22-20-11-6-8-17-29(20)23(26-22)21-12-9-16-28(21)18-19-10-5-7-13-25-19;3-2(4,5)1(6)7/h5-8,10-11,13,17,21H,3-4,9,12,14-16,18H2,1-2H3;(H,6,7). The molecule has 0 saturated carbocycles. The second-order valence-electron chi connectivity index (χ2n) is 8.82. The van der Waals surface area contributed by atoms with Gasteiger partial charge in [-0.3, -0.25) is 14.7 Å². The normalized spacial score (nSPS) is 15.9. The number of carbonyl (C=O) groups is 2. The number of hydrogen-bond acceptors (Lipinski definition) is 5. The maximum absolute atomic E-state index is 13.4. The van der Waals surface area contributed by atoms with E-state index in [2.05, 4.69) is 34.2 Å². The number of aromatic nitrogens is 3. The molecule has 4 rings (SSSR count). The lowest BCUT2D eigenvalue weighted by Gasteiger charge is -2.23. The molecule has 1 saturated heterocycles. The summed E-state index contributed by atoms with van der Waals surface area (Å²) in [6.45, 7) is 7.58. The van der Waals surface area contributed by atoms with Crippen LogP contribution in [0.3, 0.4) is 0 Å². The molecule has 0 aliphatic carbocycles. The molecular formula is C26H32F3N5O3. The molecule has 4 heterocycles. The monoisotopic (exact) mass is 519 g/mol. The minimum atomic E-state index is -5.08. The van der Waals surface area contributed by atoms with Crippen molar-refractivity contribution in [1.82, 2.24) is 24.2 Å². The summed E-state index contributed by atoms with van der Waals surface area (Å²) in [6, 6.07) is 12.3. The fourth-order valence-corrected chi connectivity index (χ4v) is 4.47. The lowest BCUT2D eigenvalue weighted by atomic mass is 10.2. The molecule has 1 amide bonds. The van der Waals surface area contributed by atoms with Crippen LogP contribution in [0, 0.1) is 0 Å². The number of nitrogens with zero attached hydrogens (tertiary/aromatic N) is 5. The number of pyridine rings is 2. The summed E-state index contributed by atoms with van der Waals surface area (Å²) in [7, 11) is 0. The maximum Gasteiger partial charge on any atom is 0.490 e. The molecule has 0 aromatic carbocycles. The molecule has 0 radical (unpaired) electrons. The summed E-state index contributed by atoms with van der Waals surface area (Å²) < 4.78 is 33.9. The third kappa shape index (κ3) is 7.06. The zero-order valence-electron chi connectivity index (χ0n) is 21.0. The highest BCUT2D eigenvalue weighted by molar-refractivity contribution is 5.99. The Hall–Kier alpha value is -3.47. The first kappa shape index (κ1) is 28.1. The van der Waals surface area contributed by atoms with E-state index < -0.39 is 12.1 Å². The van der Waals surface area contributed by atoms with Crippen molar-refractivity contribution in [3.8, 4) is 0 Å². The van der Waals surface area contributed by atoms with E-state index in [1.165, 1.54) is 0 Å². The number of halogens is 3. The van der Waals surface area contributed by atoms with Gasteiger partial charge in [0.2, 0.25) is 0 Å². The minimum Gasteiger partial charge on any atom is -0.475 e. The summed E-state index contributed by atoms with van der Waals surface area (Å²) in [6.07, 6.45) is 2.87. The number of fused-ring (bicyclic) bond motifs is 1. The lowest BCUT2D eigenvalue weighted by molar-refractivity contribution is -0.192. The Kier molecular flexibility index (Phi) is 9.62. The van der Waals surface area contributed by atoms with E-state index in [1.54, 1.807) is 0 Å². The van der Waals surface area contributed by atoms with Gasteiger partial charge in [0.25, 0.3) is 5.91 Å². The number of carboxylic acid groups (broad SMARTS) is 1. The summed E-state index contributed by atoms with van der Waals surface area (Å²) >= 11 is 0. The quantitative estimate of drug-likeness (QED) is 0.452. The van der Waals surface area contributed by atoms with Crippen molar-refractivity contribution in [2.45, 2.75) is 58.3 Å². The zero-order chi connectivity index (χ0) is 27.0. The predicted molar refractivity (Wildman–Crippen MR) is 132 cm³/mol. The van der Waals surface area contributed by atoms with E-state index in [1.807, 2.05) is 47.6 Å². The number of imidazole rings is 1. The van der Waals surface area contributed by atoms with E-state index in [0.717, 1.165) is 68.9 Å². The number of aliphatic carboxylic acids is 1. The minimum absolute atomic E-state index is 0.0444. The maximum atomic E-state index is 13.4. The molecule has 0 bridgehead atoms. The second-order valence-corrected chi connectivity index (χ2v) is 8.82. The van der Waals surface area contributed by atoms with Crippen LogP contribution < -0.4 is 0 Å². The molecule has 37 heavy (non-hydrogen) atoms. The molecule has 11 heteroatoms. The van der Waals surface area contributed by atoms with Crippen LogP contribution in [0.5, 0.6) is 0 Å². The molecule has 1 N–H and O–H groups in total. The van der Waals surface area contributed by atoms with Crippen molar-refractivity contribution in [3.05, 3.63) is 66.0 Å². The van der Waals surface area contributed by atoms with Gasteiger partial charge in [-0.2, -0.15) is 13.2 Å². The van der Waals surface area contributed by atoms with E-state index >= 15 is 0 Å². The van der Waals surface area contributed by atoms with Gasteiger partial charge in [0.1, 0.15) is 5.82 Å². The molecule has 1 fully saturated rings. The first-order chi connectivity index (χ1) is 17.7. The van der Waals surface area contributed by atoms with Gasteiger partial charge in [-0.15, -0.1) is 0 Å². The third-order valence-electron chi connectivity index (χ3n) is 6.05. The van der Waals surface area contributed by atoms with Crippen LogP contribution in [0.15, 0.2) is 48.8 Å². The number of likely N-dealkylation sites (tertiary alicyclic amines) is 1. The van der Waals surface area contributed by atoms with Crippen molar-refractivity contribution in [2.75, 3.05) is 19.6 Å². The molecule has 3 aromatic heterocycles. The highest BCUT2D eigenvalue weighted by atomic mass is 19.4. The Morgan fingerprint density at radius 1 is 1.11 bits per heavy atom. The largest absolute Gasteiger partial charge is 0.490 e. The van der Waals surface area contributed by atoms with Crippen molar-refractivity contribution >= 4 is 17.4 Å². The fraction of sp³-hybridized carbons (Fsp3) is 0.462. The Bertz CT molecular complexity index is 1180. The molecule has 3 aromatic rings. The summed E-state index contributed by atoms with van der Waals surface area (Å²) in [5.41, 5.74) is 2.55. The Labute approximate surface area is 213 Å². The van der Waals surface area contributed by atoms with Crippen molar-refractivity contribution in [1.29, 1.82) is 0 Å². The molecular weight excluding hydrogens is 487 g/mol. The Morgan fingerprint density at radius 2 is 1.78 bits per heavy atom. The molecule has 1 aliphatic rings. The molecule has 1 atom stereocenters. The number of alkyl halides is 3. The molecule has 0 spiro atoms. The number of rotatable bonds is 8. The van der Waals surface area contributed by atoms with Crippen LogP contribution in [-0.4, -0.2) is 67.0 Å². The van der Waals surface area contributed by atoms with Crippen LogP contribution in [0.1, 0.15) is 67.6 Å². The second kappa shape index (κ2) is 12.7. The SMILES string of the molecule is CCCN(CCC)C(=O)c1nc(C2CCCN2Cc2ccccn2)n2ccccc12.O=C(O)C(F)(F)F. The van der Waals surface area contributed by atoms with Gasteiger partial charge in [-0.1, -0.05) is 26.0 Å². The first-order valence-electron chi connectivity index (χ1n) is 12.4. The predicted octanol–water partition coefficient (Wildman–Crippen LogP) is 4.96. The van der Waals surface area contributed by atoms with Crippen molar-refractivity contribution in [3.63, 3.8) is 0 Å². The van der Waals surface area contributed by atoms with Crippen LogP contribution in [0.4, 0.5) is 13.2 Å². The highest BCUT2D eigenvalue weighted by Gasteiger charge is 2.38. The number of amides is 1. The topological polar surface area (TPSA) is 91.0 Å². The molecule has 1 aliphatic heterocycles. The summed E-state index contributed by atoms with van der Waals surface area (Å²) in [5, 5.41) is 7.12. The van der Waals surface area contributed by atoms with E-state index in [4.69, 9.17) is 14.9 Å². The van der Waals surface area contributed by atoms with Gasteiger partial charge in [0.05, 0.1) is 17.3 Å². The van der Waals surface area contributed by atoms with Crippen LogP contribution in [0.2, 0.25) is 0 Å². The Balaban J connectivity index is 0.000000479. The molecule has 8 nitrogen and oxygen atoms in total. The summed E-state index contributed by atoms with van der Waals surface area (Å²) in [4.78, 5) is 36.1. The van der Waals surface area contributed by atoms with Gasteiger partial charge < -0.3 is 14.4 Å². The number of hydrogen-bond donors (Lipinski definition) is 1. The third-order valence-corrected chi connectivity index (χ3v) is 6.05. The van der Waals surface area contributed by atoms with Gasteiger partial charge in [-0.05, 0) is 56.5 Å². The van der Waals surface area contributed by atoms with E-state index in [-0.39, 0.29) is 11.9 Å². The lowest BCUT2D eigenvalue weighted by Crippen LogP contribution is -2.33. The first-order valence-corrected chi connectivity index (χ1v) is 12.4. The van der Waals surface area contributed by atoms with Gasteiger partial charge in [-0.25, -0.2) is 9.78 Å². The van der Waals surface area contributed by atoms with Crippen LogP contribution in [-0.2, 0) is 11.3 Å². The smallest absolute Gasteiger partial charge is 0.475 e.